The van der Waals surface area contributed by atoms with Gasteiger partial charge < -0.3 is 9.63 Å². The molecule has 118 valence electrons. The van der Waals surface area contributed by atoms with Crippen molar-refractivity contribution in [2.24, 2.45) is 0 Å². The van der Waals surface area contributed by atoms with Crippen LogP contribution in [0.3, 0.4) is 0 Å². The molecule has 0 aliphatic carbocycles. The van der Waals surface area contributed by atoms with Gasteiger partial charge in [-0.2, -0.15) is 10.1 Å². The number of aryl methyl sites for hydroxylation is 1. The highest BCUT2D eigenvalue weighted by Crippen LogP contribution is 2.28. The van der Waals surface area contributed by atoms with Gasteiger partial charge in [-0.05, 0) is 31.7 Å². The summed E-state index contributed by atoms with van der Waals surface area (Å²) in [6, 6.07) is 7.53. The van der Waals surface area contributed by atoms with E-state index >= 15 is 0 Å². The van der Waals surface area contributed by atoms with Crippen LogP contribution in [0.4, 0.5) is 0 Å². The molecule has 0 radical (unpaired) electrons. The van der Waals surface area contributed by atoms with Crippen LogP contribution < -0.4 is 0 Å². The predicted molar refractivity (Wildman–Crippen MR) is 84.5 cm³/mol. The Morgan fingerprint density at radius 3 is 2.83 bits per heavy atom. The maximum atomic E-state index is 9.57. The van der Waals surface area contributed by atoms with E-state index in [2.05, 4.69) is 15.2 Å². The Morgan fingerprint density at radius 2 is 2.04 bits per heavy atom. The molecule has 6 heteroatoms. The van der Waals surface area contributed by atoms with E-state index < -0.39 is 6.10 Å². The van der Waals surface area contributed by atoms with Crippen molar-refractivity contribution in [2.45, 2.75) is 38.8 Å². The molecule has 23 heavy (non-hydrogen) atoms. The van der Waals surface area contributed by atoms with Crippen molar-refractivity contribution < 1.29 is 9.63 Å². The van der Waals surface area contributed by atoms with Crippen LogP contribution in [0.5, 0.6) is 0 Å². The molecule has 0 amide bonds. The first-order chi connectivity index (χ1) is 11.2. The lowest BCUT2D eigenvalue weighted by molar-refractivity contribution is 0.199. The third-order valence-electron chi connectivity index (χ3n) is 4.29. The summed E-state index contributed by atoms with van der Waals surface area (Å²) < 4.78 is 7.47. The van der Waals surface area contributed by atoms with Gasteiger partial charge in [0.15, 0.2) is 0 Å². The van der Waals surface area contributed by atoms with Crippen LogP contribution in [-0.2, 0) is 13.0 Å². The van der Waals surface area contributed by atoms with E-state index in [0.717, 1.165) is 29.7 Å². The van der Waals surface area contributed by atoms with Crippen molar-refractivity contribution in [1.82, 2.24) is 19.9 Å². The fourth-order valence-electron chi connectivity index (χ4n) is 2.96. The Labute approximate surface area is 133 Å². The van der Waals surface area contributed by atoms with E-state index in [1.165, 1.54) is 18.5 Å². The fraction of sp³-hybridized carbons (Fsp3) is 0.353. The molecule has 1 aromatic carbocycles. The van der Waals surface area contributed by atoms with Gasteiger partial charge in [-0.3, -0.25) is 4.68 Å². The summed E-state index contributed by atoms with van der Waals surface area (Å²) in [4.78, 5) is 4.51. The van der Waals surface area contributed by atoms with Crippen LogP contribution in [0.15, 0.2) is 35.0 Å². The zero-order valence-electron chi connectivity index (χ0n) is 12.9. The quantitative estimate of drug-likeness (QED) is 0.804. The molecule has 2 aromatic heterocycles. The molecule has 1 aliphatic rings. The SMILES string of the molecule is CC(O)c1ccc(-c2noc(-c3cnn4c3CCCC4)n2)cc1. The Bertz CT molecular complexity index is 817. The maximum Gasteiger partial charge on any atom is 0.261 e. The van der Waals surface area contributed by atoms with Crippen LogP contribution >= 0.6 is 0 Å². The summed E-state index contributed by atoms with van der Waals surface area (Å²) >= 11 is 0. The van der Waals surface area contributed by atoms with Crippen molar-refractivity contribution in [3.63, 3.8) is 0 Å². The molecule has 3 aromatic rings. The van der Waals surface area contributed by atoms with Gasteiger partial charge in [0, 0.05) is 12.1 Å². The molecule has 1 unspecified atom stereocenters. The average molecular weight is 310 g/mol. The summed E-state index contributed by atoms with van der Waals surface area (Å²) in [5.74, 6) is 1.07. The van der Waals surface area contributed by atoms with E-state index in [1.54, 1.807) is 6.92 Å². The minimum Gasteiger partial charge on any atom is -0.389 e. The second-order valence-electron chi connectivity index (χ2n) is 5.91. The molecule has 0 fully saturated rings. The van der Waals surface area contributed by atoms with Crippen LogP contribution in [0, 0.1) is 0 Å². The lowest BCUT2D eigenvalue weighted by atomic mass is 10.1. The summed E-state index contributed by atoms with van der Waals surface area (Å²) in [7, 11) is 0. The molecule has 1 N–H and O–H groups in total. The second kappa shape index (κ2) is 5.62. The first-order valence-corrected chi connectivity index (χ1v) is 7.89. The van der Waals surface area contributed by atoms with Gasteiger partial charge in [-0.1, -0.05) is 29.4 Å². The molecule has 0 saturated carbocycles. The Hall–Kier alpha value is -2.47. The molecular formula is C17H18N4O2. The number of aromatic nitrogens is 4. The van der Waals surface area contributed by atoms with Gasteiger partial charge in [0.25, 0.3) is 5.89 Å². The fourth-order valence-corrected chi connectivity index (χ4v) is 2.96. The molecule has 6 nitrogen and oxygen atoms in total. The highest BCUT2D eigenvalue weighted by atomic mass is 16.5. The first-order valence-electron chi connectivity index (χ1n) is 7.89. The summed E-state index contributed by atoms with van der Waals surface area (Å²) in [5.41, 5.74) is 3.84. The number of rotatable bonds is 3. The van der Waals surface area contributed by atoms with Crippen molar-refractivity contribution in [1.29, 1.82) is 0 Å². The molecular weight excluding hydrogens is 292 g/mol. The largest absolute Gasteiger partial charge is 0.389 e. The molecule has 0 spiro atoms. The number of fused-ring (bicyclic) bond motifs is 1. The Morgan fingerprint density at radius 1 is 1.22 bits per heavy atom. The van der Waals surface area contributed by atoms with Crippen LogP contribution in [0.25, 0.3) is 22.8 Å². The number of hydrogen-bond acceptors (Lipinski definition) is 5. The van der Waals surface area contributed by atoms with E-state index in [0.29, 0.717) is 11.7 Å². The van der Waals surface area contributed by atoms with Crippen molar-refractivity contribution in [3.05, 3.63) is 41.7 Å². The van der Waals surface area contributed by atoms with Crippen molar-refractivity contribution in [2.75, 3.05) is 0 Å². The minimum atomic E-state index is -0.483. The Kier molecular flexibility index (Phi) is 3.46. The van der Waals surface area contributed by atoms with Gasteiger partial charge in [0.2, 0.25) is 5.82 Å². The van der Waals surface area contributed by atoms with Gasteiger partial charge >= 0.3 is 0 Å². The number of hydrogen-bond donors (Lipinski definition) is 1. The summed E-state index contributed by atoms with van der Waals surface area (Å²) in [5, 5.41) is 18.1. The standard InChI is InChI=1S/C17H18N4O2/c1-11(22)12-5-7-13(8-6-12)16-19-17(23-20-16)14-10-18-21-9-3-2-4-15(14)21/h5-8,10-11,22H,2-4,9H2,1H3. The van der Waals surface area contributed by atoms with E-state index in [9.17, 15) is 5.11 Å². The smallest absolute Gasteiger partial charge is 0.261 e. The lowest BCUT2D eigenvalue weighted by Crippen LogP contribution is -2.11. The van der Waals surface area contributed by atoms with Gasteiger partial charge in [0.1, 0.15) is 0 Å². The topological polar surface area (TPSA) is 77.0 Å². The van der Waals surface area contributed by atoms with Gasteiger partial charge in [-0.15, -0.1) is 0 Å². The molecule has 1 aliphatic heterocycles. The minimum absolute atomic E-state index is 0.483. The Balaban J connectivity index is 1.65. The second-order valence-corrected chi connectivity index (χ2v) is 5.91. The van der Waals surface area contributed by atoms with Crippen molar-refractivity contribution in [3.8, 4) is 22.8 Å². The molecule has 3 heterocycles. The first kappa shape index (κ1) is 14.1. The third-order valence-corrected chi connectivity index (χ3v) is 4.29. The van der Waals surface area contributed by atoms with E-state index in [-0.39, 0.29) is 0 Å². The number of aliphatic hydroxyl groups excluding tert-OH is 1. The number of nitrogens with zero attached hydrogens (tertiary/aromatic N) is 4. The maximum absolute atomic E-state index is 9.57. The third kappa shape index (κ3) is 2.55. The number of aliphatic hydroxyl groups is 1. The van der Waals surface area contributed by atoms with E-state index in [4.69, 9.17) is 4.52 Å². The summed E-state index contributed by atoms with van der Waals surface area (Å²) in [6.45, 7) is 2.70. The molecule has 1 atom stereocenters. The van der Waals surface area contributed by atoms with Crippen LogP contribution in [0.2, 0.25) is 0 Å². The molecule has 0 bridgehead atoms. The normalized spacial score (nSPS) is 15.4. The van der Waals surface area contributed by atoms with Crippen LogP contribution in [0.1, 0.15) is 37.1 Å². The average Bonchev–Trinajstić information content (AvgIpc) is 3.21. The number of benzene rings is 1. The molecule has 0 saturated heterocycles. The predicted octanol–water partition coefficient (Wildman–Crippen LogP) is 2.99. The highest BCUT2D eigenvalue weighted by molar-refractivity contribution is 5.61. The van der Waals surface area contributed by atoms with E-state index in [1.807, 2.05) is 35.1 Å². The van der Waals surface area contributed by atoms with Crippen molar-refractivity contribution >= 4 is 0 Å². The summed E-state index contributed by atoms with van der Waals surface area (Å²) in [6.07, 6.45) is 4.66. The molecule has 4 rings (SSSR count). The zero-order chi connectivity index (χ0) is 15.8. The monoisotopic (exact) mass is 310 g/mol. The lowest BCUT2D eigenvalue weighted by Gasteiger charge is -2.13. The van der Waals surface area contributed by atoms with Gasteiger partial charge in [-0.25, -0.2) is 0 Å². The zero-order valence-corrected chi connectivity index (χ0v) is 12.9. The van der Waals surface area contributed by atoms with Gasteiger partial charge in [0.05, 0.1) is 23.6 Å². The van der Waals surface area contributed by atoms with Crippen LogP contribution in [-0.4, -0.2) is 25.0 Å². The highest BCUT2D eigenvalue weighted by Gasteiger charge is 2.20.